The molecule has 0 bridgehead atoms. The van der Waals surface area contributed by atoms with E-state index in [1.165, 1.54) is 11.3 Å². The lowest BCUT2D eigenvalue weighted by Crippen LogP contribution is -2.49. The average Bonchev–Trinajstić information content (AvgIpc) is 2.80. The van der Waals surface area contributed by atoms with E-state index in [1.54, 1.807) is 7.11 Å². The second-order valence-electron chi connectivity index (χ2n) is 5.56. The van der Waals surface area contributed by atoms with Gasteiger partial charge in [-0.15, -0.1) is 0 Å². The van der Waals surface area contributed by atoms with E-state index < -0.39 is 0 Å². The van der Waals surface area contributed by atoms with Crippen LogP contribution in [0.15, 0.2) is 0 Å². The smallest absolute Gasteiger partial charge is 0.265 e. The predicted molar refractivity (Wildman–Crippen MR) is 86.0 cm³/mol. The molecule has 1 saturated carbocycles. The number of carbonyl (C=O) groups is 1. The molecule has 1 aromatic rings. The molecular weight excluding hydrogens is 288 g/mol. The average molecular weight is 312 g/mol. The lowest BCUT2D eigenvalue weighted by atomic mass is 9.80. The summed E-state index contributed by atoms with van der Waals surface area (Å²) in [5.74, 6) is 0.139. The first-order chi connectivity index (χ1) is 10.0. The fourth-order valence-electron chi connectivity index (χ4n) is 2.42. The fourth-order valence-corrected chi connectivity index (χ4v) is 3.31. The van der Waals surface area contributed by atoms with Gasteiger partial charge in [0.25, 0.3) is 5.91 Å². The van der Waals surface area contributed by atoms with Crippen molar-refractivity contribution in [1.82, 2.24) is 10.3 Å². The lowest BCUT2D eigenvalue weighted by Gasteiger charge is -2.40. The Morgan fingerprint density at radius 2 is 2.29 bits per heavy atom. The highest BCUT2D eigenvalue weighted by atomic mass is 32.1. The zero-order valence-electron chi connectivity index (χ0n) is 12.9. The summed E-state index contributed by atoms with van der Waals surface area (Å²) >= 11 is 1.34. The van der Waals surface area contributed by atoms with Gasteiger partial charge in [-0.3, -0.25) is 4.79 Å². The van der Waals surface area contributed by atoms with Crippen LogP contribution in [-0.2, 0) is 4.74 Å². The number of nitrogen functional groups attached to an aromatic ring is 1. The molecule has 1 aliphatic carbocycles. The molecule has 21 heavy (non-hydrogen) atoms. The molecule has 0 spiro atoms. The van der Waals surface area contributed by atoms with E-state index in [4.69, 9.17) is 10.5 Å². The number of thiazole rings is 1. The van der Waals surface area contributed by atoms with Gasteiger partial charge in [0.05, 0.1) is 5.60 Å². The number of aromatic nitrogens is 1. The van der Waals surface area contributed by atoms with Gasteiger partial charge >= 0.3 is 0 Å². The van der Waals surface area contributed by atoms with Crippen LogP contribution in [0.1, 0.15) is 42.3 Å². The molecule has 1 heterocycles. The number of methoxy groups -OCH3 is 1. The Morgan fingerprint density at radius 3 is 2.81 bits per heavy atom. The van der Waals surface area contributed by atoms with Crippen molar-refractivity contribution in [3.8, 4) is 0 Å². The van der Waals surface area contributed by atoms with Gasteiger partial charge in [-0.05, 0) is 25.7 Å². The normalized spacial score (nSPS) is 16.3. The lowest BCUT2D eigenvalue weighted by molar-refractivity contribution is -0.0679. The summed E-state index contributed by atoms with van der Waals surface area (Å²) in [5.41, 5.74) is 5.69. The minimum absolute atomic E-state index is 0.163. The molecule has 0 atom stereocenters. The van der Waals surface area contributed by atoms with Crippen LogP contribution in [0.2, 0.25) is 0 Å². The third-order valence-electron chi connectivity index (χ3n) is 4.00. The summed E-state index contributed by atoms with van der Waals surface area (Å²) in [4.78, 5) is 19.0. The monoisotopic (exact) mass is 312 g/mol. The summed E-state index contributed by atoms with van der Waals surface area (Å²) < 4.78 is 5.50. The highest BCUT2D eigenvalue weighted by molar-refractivity contribution is 7.18. The molecular formula is C14H24N4O2S. The molecule has 0 aromatic carbocycles. The van der Waals surface area contributed by atoms with Crippen LogP contribution in [0.4, 0.5) is 10.9 Å². The van der Waals surface area contributed by atoms with Gasteiger partial charge in [-0.2, -0.15) is 0 Å². The number of anilines is 2. The number of carbonyl (C=O) groups excluding carboxylic acids is 1. The van der Waals surface area contributed by atoms with Gasteiger partial charge in [-0.25, -0.2) is 4.98 Å². The first-order valence-corrected chi connectivity index (χ1v) is 8.14. The number of hydrogen-bond donors (Lipinski definition) is 2. The maximum Gasteiger partial charge on any atom is 0.265 e. The summed E-state index contributed by atoms with van der Waals surface area (Å²) in [6.45, 7) is 3.52. The molecule has 1 amide bonds. The Balaban J connectivity index is 1.99. The van der Waals surface area contributed by atoms with Crippen molar-refractivity contribution < 1.29 is 9.53 Å². The van der Waals surface area contributed by atoms with Crippen LogP contribution in [0.25, 0.3) is 0 Å². The Labute approximate surface area is 129 Å². The highest BCUT2D eigenvalue weighted by Gasteiger charge is 2.37. The van der Waals surface area contributed by atoms with Crippen LogP contribution in [-0.4, -0.2) is 43.7 Å². The topological polar surface area (TPSA) is 80.5 Å². The fraction of sp³-hybridized carbons (Fsp3) is 0.714. The van der Waals surface area contributed by atoms with Crippen molar-refractivity contribution in [2.75, 3.05) is 37.9 Å². The molecule has 0 saturated heterocycles. The van der Waals surface area contributed by atoms with E-state index in [0.717, 1.165) is 37.4 Å². The maximum absolute atomic E-state index is 12.3. The van der Waals surface area contributed by atoms with Crippen molar-refractivity contribution in [2.24, 2.45) is 0 Å². The molecule has 0 radical (unpaired) electrons. The number of rotatable bonds is 7. The highest BCUT2D eigenvalue weighted by Crippen LogP contribution is 2.34. The zero-order chi connectivity index (χ0) is 15.5. The number of amides is 1. The van der Waals surface area contributed by atoms with Gasteiger partial charge in [0.2, 0.25) is 0 Å². The van der Waals surface area contributed by atoms with Crippen molar-refractivity contribution >= 4 is 28.2 Å². The molecule has 0 aliphatic heterocycles. The summed E-state index contributed by atoms with van der Waals surface area (Å²) in [5, 5.41) is 3.71. The summed E-state index contributed by atoms with van der Waals surface area (Å²) in [7, 11) is 3.65. The van der Waals surface area contributed by atoms with E-state index in [2.05, 4.69) is 17.2 Å². The van der Waals surface area contributed by atoms with Gasteiger partial charge in [0.1, 0.15) is 10.7 Å². The summed E-state index contributed by atoms with van der Waals surface area (Å²) in [6, 6.07) is 0. The largest absolute Gasteiger partial charge is 0.382 e. The van der Waals surface area contributed by atoms with Crippen molar-refractivity contribution in [3.63, 3.8) is 0 Å². The number of nitrogens with one attached hydrogen (secondary N) is 1. The number of ether oxygens (including phenoxy) is 1. The number of hydrogen-bond acceptors (Lipinski definition) is 6. The molecule has 1 aromatic heterocycles. The SMILES string of the molecule is CCCN(C)c1nc(N)c(C(=O)NCC2(OC)CCC2)s1. The predicted octanol–water partition coefficient (Wildman–Crippen LogP) is 1.87. The third kappa shape index (κ3) is 3.47. The molecule has 3 N–H and O–H groups in total. The Hall–Kier alpha value is -1.34. The van der Waals surface area contributed by atoms with Crippen LogP contribution in [0.5, 0.6) is 0 Å². The minimum atomic E-state index is -0.184. The molecule has 7 heteroatoms. The van der Waals surface area contributed by atoms with E-state index in [9.17, 15) is 4.79 Å². The Morgan fingerprint density at radius 1 is 1.57 bits per heavy atom. The van der Waals surface area contributed by atoms with Gasteiger partial charge in [0, 0.05) is 27.2 Å². The van der Waals surface area contributed by atoms with Crippen LogP contribution < -0.4 is 16.0 Å². The molecule has 0 unspecified atom stereocenters. The second kappa shape index (κ2) is 6.62. The number of nitrogens with zero attached hydrogens (tertiary/aromatic N) is 2. The molecule has 1 fully saturated rings. The number of nitrogens with two attached hydrogens (primary N) is 1. The van der Waals surface area contributed by atoms with Crippen LogP contribution in [0, 0.1) is 0 Å². The van der Waals surface area contributed by atoms with Crippen LogP contribution in [0.3, 0.4) is 0 Å². The van der Waals surface area contributed by atoms with Crippen molar-refractivity contribution in [1.29, 1.82) is 0 Å². The molecule has 118 valence electrons. The quantitative estimate of drug-likeness (QED) is 0.803. The first kappa shape index (κ1) is 16.0. The standard InChI is InChI=1S/C14H24N4O2S/c1-4-8-18(2)13-17-11(15)10(21-13)12(19)16-9-14(20-3)6-5-7-14/h4-9,15H2,1-3H3,(H,16,19). The molecule has 6 nitrogen and oxygen atoms in total. The first-order valence-electron chi connectivity index (χ1n) is 7.32. The van der Waals surface area contributed by atoms with Gasteiger partial charge in [-0.1, -0.05) is 18.3 Å². The van der Waals surface area contributed by atoms with Gasteiger partial charge < -0.3 is 20.7 Å². The maximum atomic E-state index is 12.3. The van der Waals surface area contributed by atoms with Crippen molar-refractivity contribution in [3.05, 3.63) is 4.88 Å². The second-order valence-corrected chi connectivity index (χ2v) is 6.53. The Kier molecular flexibility index (Phi) is 5.05. The minimum Gasteiger partial charge on any atom is -0.382 e. The zero-order valence-corrected chi connectivity index (χ0v) is 13.8. The van der Waals surface area contributed by atoms with E-state index in [0.29, 0.717) is 17.2 Å². The van der Waals surface area contributed by atoms with Gasteiger partial charge in [0.15, 0.2) is 5.13 Å². The van der Waals surface area contributed by atoms with E-state index >= 15 is 0 Å². The van der Waals surface area contributed by atoms with E-state index in [1.807, 2.05) is 11.9 Å². The molecule has 2 rings (SSSR count). The Bertz CT molecular complexity index is 494. The third-order valence-corrected chi connectivity index (χ3v) is 5.19. The molecule has 1 aliphatic rings. The van der Waals surface area contributed by atoms with Crippen molar-refractivity contribution in [2.45, 2.75) is 38.2 Å². The van der Waals surface area contributed by atoms with E-state index in [-0.39, 0.29) is 11.5 Å². The summed E-state index contributed by atoms with van der Waals surface area (Å²) in [6.07, 6.45) is 4.16. The van der Waals surface area contributed by atoms with Crippen LogP contribution >= 0.6 is 11.3 Å².